The number of benzene rings is 3. The van der Waals surface area contributed by atoms with E-state index >= 15 is 0 Å². The third kappa shape index (κ3) is 11.2. The van der Waals surface area contributed by atoms with E-state index in [1.54, 1.807) is 49.0 Å². The van der Waals surface area contributed by atoms with Crippen molar-refractivity contribution in [3.63, 3.8) is 0 Å². The third-order valence-electron chi connectivity index (χ3n) is 6.69. The highest BCUT2D eigenvalue weighted by molar-refractivity contribution is 7.99. The first-order valence-corrected chi connectivity index (χ1v) is 15.6. The van der Waals surface area contributed by atoms with Gasteiger partial charge in [-0.25, -0.2) is 9.59 Å². The summed E-state index contributed by atoms with van der Waals surface area (Å²) in [6.45, 7) is 9.34. The molecule has 46 heavy (non-hydrogen) atoms. The van der Waals surface area contributed by atoms with Gasteiger partial charge in [-0.05, 0) is 111 Å². The molecule has 238 valence electrons. The van der Waals surface area contributed by atoms with E-state index in [0.717, 1.165) is 38.5 Å². The molecule has 1 atom stereocenters. The summed E-state index contributed by atoms with van der Waals surface area (Å²) >= 11 is 1.66. The molecule has 0 aliphatic carbocycles. The Morgan fingerprint density at radius 1 is 0.891 bits per heavy atom. The lowest BCUT2D eigenvalue weighted by Gasteiger charge is -2.25. The van der Waals surface area contributed by atoms with Gasteiger partial charge in [-0.15, -0.1) is 11.8 Å². The van der Waals surface area contributed by atoms with Gasteiger partial charge in [0.05, 0.1) is 0 Å². The normalized spacial score (nSPS) is 12.5. The number of carboxylic acid groups (broad SMARTS) is 2. The molecule has 2 N–H and O–H groups in total. The van der Waals surface area contributed by atoms with Crippen molar-refractivity contribution in [3.05, 3.63) is 112 Å². The van der Waals surface area contributed by atoms with E-state index in [-0.39, 0.29) is 13.2 Å². The molecule has 3 rings (SSSR count). The highest BCUT2D eigenvalue weighted by Crippen LogP contribution is 2.28. The zero-order valence-electron chi connectivity index (χ0n) is 26.7. The van der Waals surface area contributed by atoms with Crippen molar-refractivity contribution in [2.24, 2.45) is 0 Å². The second-order valence-corrected chi connectivity index (χ2v) is 11.5. The fraction of sp³-hybridized carbons (Fsp3) is 0.263. The van der Waals surface area contributed by atoms with Crippen LogP contribution in [-0.4, -0.2) is 47.7 Å². The van der Waals surface area contributed by atoms with E-state index in [2.05, 4.69) is 29.8 Å². The van der Waals surface area contributed by atoms with E-state index < -0.39 is 17.5 Å². The number of aliphatic carboxylic acids is 2. The first kappa shape index (κ1) is 35.6. The standard InChI is InChI=1S/C38H38O7S/c1-6-45-38(5,37(41)42)32-14-16-33(17-15-32)43-22-20-27(2)10-12-30-8-7-9-31(25-30)13-11-28(3)21-23-46-34-18-19-35(29(4)24-34)44-26-36(39)40/h7-9,14-21,24-25H,6,22-23,26H2,1-5H3,(H,39,40)(H,41,42). The van der Waals surface area contributed by atoms with Gasteiger partial charge >= 0.3 is 11.9 Å². The largest absolute Gasteiger partial charge is 0.490 e. The van der Waals surface area contributed by atoms with Crippen molar-refractivity contribution in [1.29, 1.82) is 0 Å². The molecule has 0 fully saturated rings. The molecule has 0 aromatic heterocycles. The summed E-state index contributed by atoms with van der Waals surface area (Å²) in [4.78, 5) is 23.5. The number of allylic oxidation sites excluding steroid dienone is 2. The molecule has 7 nitrogen and oxygen atoms in total. The lowest BCUT2D eigenvalue weighted by atomic mass is 9.96. The minimum atomic E-state index is -1.41. The Kier molecular flexibility index (Phi) is 13.6. The van der Waals surface area contributed by atoms with Crippen LogP contribution in [0, 0.1) is 30.6 Å². The van der Waals surface area contributed by atoms with Gasteiger partial charge < -0.3 is 24.4 Å². The molecule has 0 amide bonds. The van der Waals surface area contributed by atoms with Gasteiger partial charge in [0, 0.05) is 28.4 Å². The summed E-state index contributed by atoms with van der Waals surface area (Å²) in [5.41, 5.74) is 3.57. The van der Waals surface area contributed by atoms with Crippen LogP contribution in [-0.2, 0) is 19.9 Å². The summed E-state index contributed by atoms with van der Waals surface area (Å²) in [6.07, 6.45) is 3.96. The Hall–Kier alpha value is -4.89. The van der Waals surface area contributed by atoms with E-state index in [9.17, 15) is 14.7 Å². The van der Waals surface area contributed by atoms with Crippen molar-refractivity contribution in [1.82, 2.24) is 0 Å². The second-order valence-electron chi connectivity index (χ2n) is 10.4. The van der Waals surface area contributed by atoms with Crippen LogP contribution in [0.15, 0.2) is 94.9 Å². The summed E-state index contributed by atoms with van der Waals surface area (Å²) in [6, 6.07) is 20.3. The van der Waals surface area contributed by atoms with Crippen molar-refractivity contribution in [3.8, 4) is 35.2 Å². The fourth-order valence-electron chi connectivity index (χ4n) is 4.08. The van der Waals surface area contributed by atoms with E-state index in [4.69, 9.17) is 19.3 Å². The highest BCUT2D eigenvalue weighted by atomic mass is 32.2. The number of aryl methyl sites for hydroxylation is 1. The van der Waals surface area contributed by atoms with Crippen LogP contribution in [0.1, 0.15) is 49.9 Å². The maximum atomic E-state index is 11.7. The zero-order valence-corrected chi connectivity index (χ0v) is 27.5. The predicted octanol–water partition coefficient (Wildman–Crippen LogP) is 7.26. The fourth-order valence-corrected chi connectivity index (χ4v) is 5.03. The van der Waals surface area contributed by atoms with E-state index in [0.29, 0.717) is 23.7 Å². The molecule has 3 aromatic rings. The first-order chi connectivity index (χ1) is 22.0. The molecule has 0 aliphatic rings. The van der Waals surface area contributed by atoms with Crippen LogP contribution in [0.4, 0.5) is 0 Å². The van der Waals surface area contributed by atoms with Crippen molar-refractivity contribution in [2.75, 3.05) is 25.6 Å². The van der Waals surface area contributed by atoms with Crippen LogP contribution >= 0.6 is 11.8 Å². The van der Waals surface area contributed by atoms with Gasteiger partial charge in [0.1, 0.15) is 18.1 Å². The summed E-state index contributed by atoms with van der Waals surface area (Å²) in [5, 5.41) is 18.4. The minimum absolute atomic E-state index is 0.288. The molecule has 8 heteroatoms. The van der Waals surface area contributed by atoms with Crippen molar-refractivity contribution in [2.45, 2.75) is 45.1 Å². The monoisotopic (exact) mass is 638 g/mol. The minimum Gasteiger partial charge on any atom is -0.490 e. The number of hydrogen-bond donors (Lipinski definition) is 2. The number of thioether (sulfide) groups is 1. The Labute approximate surface area is 275 Å². The number of carbonyl (C=O) groups is 2. The van der Waals surface area contributed by atoms with Gasteiger partial charge in [-0.1, -0.05) is 48.0 Å². The smallest absolute Gasteiger partial charge is 0.341 e. The van der Waals surface area contributed by atoms with Gasteiger partial charge in [0.2, 0.25) is 0 Å². The van der Waals surface area contributed by atoms with E-state index in [1.165, 1.54) is 6.92 Å². The summed E-state index contributed by atoms with van der Waals surface area (Å²) in [7, 11) is 0. The second kappa shape index (κ2) is 17.6. The SMILES string of the molecule is CCOC(C)(C(=O)O)c1ccc(OCC=C(C)C#Cc2cccc(C#CC(C)=CCSc3ccc(OCC(=O)O)c(C)c3)c2)cc1. The molecule has 0 spiro atoms. The van der Waals surface area contributed by atoms with E-state index in [1.807, 2.05) is 63.2 Å². The maximum Gasteiger partial charge on any atom is 0.341 e. The number of carboxylic acids is 2. The van der Waals surface area contributed by atoms with Gasteiger partial charge in [0.15, 0.2) is 12.2 Å². The molecule has 1 unspecified atom stereocenters. The van der Waals surface area contributed by atoms with Gasteiger partial charge in [0.25, 0.3) is 0 Å². The van der Waals surface area contributed by atoms with Gasteiger partial charge in [-0.3, -0.25) is 0 Å². The highest BCUT2D eigenvalue weighted by Gasteiger charge is 2.35. The lowest BCUT2D eigenvalue weighted by Crippen LogP contribution is -2.35. The molecule has 0 saturated heterocycles. The summed E-state index contributed by atoms with van der Waals surface area (Å²) in [5.74, 6) is 12.6. The molecular formula is C38H38O7S. The topological polar surface area (TPSA) is 102 Å². The Balaban J connectivity index is 1.52. The molecule has 0 aliphatic heterocycles. The zero-order chi connectivity index (χ0) is 33.5. The Morgan fingerprint density at radius 2 is 1.54 bits per heavy atom. The average Bonchev–Trinajstić information content (AvgIpc) is 3.03. The van der Waals surface area contributed by atoms with Crippen LogP contribution in [0.3, 0.4) is 0 Å². The molecule has 0 heterocycles. The number of rotatable bonds is 13. The Bertz CT molecular complexity index is 1720. The molecule has 0 bridgehead atoms. The van der Waals surface area contributed by atoms with Crippen LogP contribution in [0.5, 0.6) is 11.5 Å². The molecule has 0 saturated carbocycles. The predicted molar refractivity (Wildman–Crippen MR) is 181 cm³/mol. The van der Waals surface area contributed by atoms with Crippen LogP contribution < -0.4 is 9.47 Å². The lowest BCUT2D eigenvalue weighted by molar-refractivity contribution is -0.164. The van der Waals surface area contributed by atoms with Crippen molar-refractivity contribution < 1.29 is 34.0 Å². The summed E-state index contributed by atoms with van der Waals surface area (Å²) < 4.78 is 16.6. The first-order valence-electron chi connectivity index (χ1n) is 14.7. The van der Waals surface area contributed by atoms with Gasteiger partial charge in [-0.2, -0.15) is 0 Å². The Morgan fingerprint density at radius 3 is 2.13 bits per heavy atom. The van der Waals surface area contributed by atoms with Crippen molar-refractivity contribution >= 4 is 23.7 Å². The molecule has 0 radical (unpaired) electrons. The molecular weight excluding hydrogens is 600 g/mol. The maximum absolute atomic E-state index is 11.7. The average molecular weight is 639 g/mol. The number of ether oxygens (including phenoxy) is 3. The number of hydrogen-bond acceptors (Lipinski definition) is 6. The van der Waals surface area contributed by atoms with Crippen LogP contribution in [0.2, 0.25) is 0 Å². The third-order valence-corrected chi connectivity index (χ3v) is 7.61. The molecule has 3 aromatic carbocycles. The van der Waals surface area contributed by atoms with Crippen LogP contribution in [0.25, 0.3) is 0 Å². The quantitative estimate of drug-likeness (QED) is 0.149.